The predicted octanol–water partition coefficient (Wildman–Crippen LogP) is 23.4. The van der Waals surface area contributed by atoms with Crippen molar-refractivity contribution in [2.75, 3.05) is 19.6 Å². The molecule has 2 aliphatic heterocycles. The van der Waals surface area contributed by atoms with Crippen molar-refractivity contribution in [1.29, 1.82) is 0 Å². The molecule has 0 amide bonds. The van der Waals surface area contributed by atoms with Gasteiger partial charge in [-0.3, -0.25) is 4.90 Å². The van der Waals surface area contributed by atoms with Gasteiger partial charge in [-0.1, -0.05) is 312 Å². The fourth-order valence-electron chi connectivity index (χ4n) is 15.1. The Morgan fingerprint density at radius 2 is 0.515 bits per heavy atom. The number of hydrogen-bond donors (Lipinski definition) is 0. The van der Waals surface area contributed by atoms with E-state index >= 15 is 0 Å². The highest BCUT2D eigenvalue weighted by Crippen LogP contribution is 2.56. The van der Waals surface area contributed by atoms with Crippen molar-refractivity contribution in [2.24, 2.45) is 0 Å². The molecule has 2 aliphatic rings. The van der Waals surface area contributed by atoms with Crippen LogP contribution in [0.2, 0.25) is 0 Å². The van der Waals surface area contributed by atoms with Gasteiger partial charge in [-0.15, -0.1) is 0 Å². The van der Waals surface area contributed by atoms with Crippen LogP contribution in [0.3, 0.4) is 0 Å². The normalized spacial score (nSPS) is 12.1. The Morgan fingerprint density at radius 1 is 0.253 bits per heavy atom. The number of benzene rings is 14. The van der Waals surface area contributed by atoms with Crippen molar-refractivity contribution in [3.05, 3.63) is 376 Å². The Hall–Kier alpha value is -12.5. The van der Waals surface area contributed by atoms with Gasteiger partial charge in [0.1, 0.15) is 5.82 Å². The molecule has 17 rings (SSSR count). The van der Waals surface area contributed by atoms with Gasteiger partial charge in [0.15, 0.2) is 0 Å². The van der Waals surface area contributed by atoms with E-state index in [-0.39, 0.29) is 0 Å². The maximum atomic E-state index is 6.36. The molecule has 3 heterocycles. The third-order valence-electron chi connectivity index (χ3n) is 19.5. The molecule has 99 heavy (non-hydrogen) atoms. The first-order valence-corrected chi connectivity index (χ1v) is 34.2. The molecule has 0 fully saturated rings. The van der Waals surface area contributed by atoms with E-state index in [1.165, 1.54) is 10.9 Å². The lowest BCUT2D eigenvalue weighted by Gasteiger charge is -2.47. The molecule has 470 valence electrons. The zero-order chi connectivity index (χ0) is 66.4. The molecule has 6 heteroatoms. The smallest absolute Gasteiger partial charge is 0.255 e. The number of nitrogens with zero attached hydrogens (tertiary/aromatic N) is 5. The summed E-state index contributed by atoms with van der Waals surface area (Å²) in [6.07, 6.45) is 0. The highest BCUT2D eigenvalue weighted by Gasteiger charge is 2.49. The quantitative estimate of drug-likeness (QED) is 0.101. The largest absolute Gasteiger partial charge is 0.310 e. The van der Waals surface area contributed by atoms with Gasteiger partial charge in [0.25, 0.3) is 6.71 Å². The van der Waals surface area contributed by atoms with Gasteiger partial charge in [0, 0.05) is 78.9 Å². The van der Waals surface area contributed by atoms with E-state index in [0.29, 0.717) is 0 Å². The van der Waals surface area contributed by atoms with Gasteiger partial charge in [0.05, 0.1) is 17.1 Å². The van der Waals surface area contributed by atoms with Crippen LogP contribution in [-0.4, -0.2) is 11.7 Å². The fraction of sp³-hybridized carbons (Fsp3) is 0.0430. The summed E-state index contributed by atoms with van der Waals surface area (Å²) in [6.45, 7) is 6.52. The van der Waals surface area contributed by atoms with E-state index in [4.69, 9.17) is 4.98 Å². The number of aromatic nitrogens is 1. The number of fused-ring (bicyclic) bond motifs is 4. The van der Waals surface area contributed by atoms with Crippen molar-refractivity contribution in [3.8, 4) is 66.8 Å². The molecule has 0 aliphatic carbocycles. The average Bonchev–Trinajstić information content (AvgIpc) is 0.679. The second-order valence-electron chi connectivity index (χ2n) is 26.6. The van der Waals surface area contributed by atoms with E-state index in [0.717, 1.165) is 146 Å². The summed E-state index contributed by atoms with van der Waals surface area (Å²) < 4.78 is 0. The topological polar surface area (TPSA) is 25.9 Å². The van der Waals surface area contributed by atoms with E-state index in [9.17, 15) is 0 Å². The molecule has 0 saturated carbocycles. The molecule has 0 unspecified atom stereocenters. The molecule has 1 aromatic heterocycles. The third kappa shape index (κ3) is 10.9. The predicted molar refractivity (Wildman–Crippen MR) is 419 cm³/mol. The number of hydrogen-bond acceptors (Lipinski definition) is 5. The maximum Gasteiger partial charge on any atom is 0.255 e. The summed E-state index contributed by atoms with van der Waals surface area (Å²) in [6, 6.07) is 136. The van der Waals surface area contributed by atoms with Gasteiger partial charge in [0.2, 0.25) is 0 Å². The molecule has 0 spiro atoms. The molecular formula is C93H70BN5. The minimum atomic E-state index is -0.468. The van der Waals surface area contributed by atoms with Crippen molar-refractivity contribution < 1.29 is 0 Å². The summed E-state index contributed by atoms with van der Waals surface area (Å²) in [7, 11) is 0. The zero-order valence-electron chi connectivity index (χ0n) is 55.5. The maximum absolute atomic E-state index is 6.36. The first-order valence-electron chi connectivity index (χ1n) is 34.2. The zero-order valence-corrected chi connectivity index (χ0v) is 55.5. The lowest BCUT2D eigenvalue weighted by molar-refractivity contribution is 0.569. The molecule has 14 aromatic carbocycles. The monoisotopic (exact) mass is 1270 g/mol. The summed E-state index contributed by atoms with van der Waals surface area (Å²) in [5, 5.41) is 0. The van der Waals surface area contributed by atoms with Gasteiger partial charge >= 0.3 is 0 Å². The number of para-hydroxylation sites is 6. The molecular weight excluding hydrogens is 1200 g/mol. The van der Waals surface area contributed by atoms with Crippen LogP contribution in [0.25, 0.3) is 66.8 Å². The summed E-state index contributed by atoms with van der Waals surface area (Å²) in [4.78, 5) is 16.5. The van der Waals surface area contributed by atoms with Crippen molar-refractivity contribution in [1.82, 2.24) is 4.98 Å². The summed E-state index contributed by atoms with van der Waals surface area (Å²) in [5.41, 5.74) is 28.6. The minimum absolute atomic E-state index is 0.445. The first-order chi connectivity index (χ1) is 48.8. The van der Waals surface area contributed by atoms with Crippen LogP contribution in [0.5, 0.6) is 0 Å². The van der Waals surface area contributed by atoms with E-state index in [1.54, 1.807) is 0 Å². The van der Waals surface area contributed by atoms with Crippen LogP contribution in [0, 0.1) is 0 Å². The van der Waals surface area contributed by atoms with Crippen molar-refractivity contribution in [3.63, 3.8) is 0 Å². The van der Waals surface area contributed by atoms with E-state index < -0.39 is 12.1 Å². The molecule has 5 nitrogen and oxygen atoms in total. The second-order valence-corrected chi connectivity index (χ2v) is 26.6. The number of anilines is 12. The molecule has 0 bridgehead atoms. The molecule has 0 radical (unpaired) electrons. The molecule has 0 saturated heterocycles. The van der Waals surface area contributed by atoms with Crippen LogP contribution in [0.1, 0.15) is 26.5 Å². The minimum Gasteiger partial charge on any atom is -0.310 e. The Labute approximate surface area is 581 Å². The Kier molecular flexibility index (Phi) is 15.5. The third-order valence-corrected chi connectivity index (χ3v) is 19.5. The molecule has 0 atom stereocenters. The highest BCUT2D eigenvalue weighted by molar-refractivity contribution is 7.02. The highest BCUT2D eigenvalue weighted by atomic mass is 15.2. The Morgan fingerprint density at radius 3 is 0.818 bits per heavy atom. The van der Waals surface area contributed by atoms with Crippen LogP contribution in [0.4, 0.5) is 68.4 Å². The van der Waals surface area contributed by atoms with Crippen LogP contribution in [-0.2, 0) is 5.41 Å². The summed E-state index contributed by atoms with van der Waals surface area (Å²) >= 11 is 0. The van der Waals surface area contributed by atoms with Crippen LogP contribution < -0.4 is 36.0 Å². The van der Waals surface area contributed by atoms with Crippen molar-refractivity contribution in [2.45, 2.75) is 26.2 Å². The molecule has 0 N–H and O–H groups in total. The fourth-order valence-corrected chi connectivity index (χ4v) is 15.1. The van der Waals surface area contributed by atoms with Gasteiger partial charge in [-0.2, -0.15) is 0 Å². The number of pyridine rings is 1. The number of rotatable bonds is 14. The SMILES string of the molecule is CC(C)(C)c1cc2c3c(n1)N(c1c(-c4ccccc4)cccc1-c1ccccc1)c1cc(N(c4ccccc4)c4ccccc4)cc(-c4ccccc4)c1B3c1c(-c3ccccc3)cc(N(c3ccccc3)c3ccccc3)cc1N2c1c(-c2ccccc2)cccc1-c1ccccc1. The average molecular weight is 1270 g/mol. The van der Waals surface area contributed by atoms with Gasteiger partial charge in [-0.25, -0.2) is 4.98 Å². The molecule has 15 aromatic rings. The van der Waals surface area contributed by atoms with Gasteiger partial charge < -0.3 is 14.7 Å². The standard InChI is InChI=1S/C93H70BN5/c1-93(2,3)86-64-85-89-92(95-86)99(91-79(67-40-18-6-19-41-67)58-35-59-80(91)68-42-20-7-21-43-68)84-63-76(97(73-52-30-12-31-53-73)74-54-32-13-33-55-74)61-82(70-46-24-9-25-47-70)88(84)94(89)87-81(69-44-22-8-23-45-69)60-75(96(71-48-26-10-27-49-71)72-50-28-11-29-51-72)62-83(87)98(85)90-77(65-36-14-4-15-37-65)56-34-57-78(90)66-38-16-5-17-39-66/h4-64H,1-3H3. The van der Waals surface area contributed by atoms with Crippen molar-refractivity contribution >= 4 is 91.5 Å². The van der Waals surface area contributed by atoms with Gasteiger partial charge in [-0.05, 0) is 140 Å². The second kappa shape index (κ2) is 25.6. The Balaban J connectivity index is 1.12. The first kappa shape index (κ1) is 60.2. The van der Waals surface area contributed by atoms with E-state index in [2.05, 4.69) is 410 Å². The van der Waals surface area contributed by atoms with E-state index in [1.807, 2.05) is 0 Å². The van der Waals surface area contributed by atoms with Crippen LogP contribution >= 0.6 is 0 Å². The van der Waals surface area contributed by atoms with Crippen LogP contribution in [0.15, 0.2) is 370 Å². The lowest BCUT2D eigenvalue weighted by Crippen LogP contribution is -2.63. The Bertz CT molecular complexity index is 4870. The summed E-state index contributed by atoms with van der Waals surface area (Å²) in [5.74, 6) is 0.866. The lowest BCUT2D eigenvalue weighted by atomic mass is 9.32.